The molecule has 0 aliphatic heterocycles. The highest BCUT2D eigenvalue weighted by atomic mass is 16.5. The first kappa shape index (κ1) is 38.3. The quantitative estimate of drug-likeness (QED) is 0.155. The van der Waals surface area contributed by atoms with Gasteiger partial charge < -0.3 is 30.2 Å². The van der Waals surface area contributed by atoms with Crippen LogP contribution in [0.5, 0.6) is 0 Å². The van der Waals surface area contributed by atoms with Crippen LogP contribution in [-0.2, 0) is 43.0 Å². The van der Waals surface area contributed by atoms with Crippen molar-refractivity contribution in [2.24, 2.45) is 17.8 Å². The third kappa shape index (κ3) is 11.2. The van der Waals surface area contributed by atoms with E-state index in [0.29, 0.717) is 16.7 Å². The zero-order valence-corrected chi connectivity index (χ0v) is 29.0. The standard InChI is InChI=1S/C39H45N3O9/c1-49-34(43)22-31(25-13-7-4-8-14-25)40-37(46)28-19-29(38(47)41-32(23-35(44)50-2)26-15-9-5-10-16-26)21-30(20-28)39(48)42-33(24-36(45)51-3)27-17-11-6-12-18-27/h4-18,28-33H,19-24H2,1-3H3,(H,40,46)(H,41,47)(H,42,48). The number of hydrogen-bond donors (Lipinski definition) is 3. The van der Waals surface area contributed by atoms with Gasteiger partial charge in [-0.05, 0) is 36.0 Å². The topological polar surface area (TPSA) is 166 Å². The first-order valence-electron chi connectivity index (χ1n) is 16.9. The number of ether oxygens (including phenoxy) is 3. The van der Waals surface area contributed by atoms with Crippen LogP contribution in [0.1, 0.15) is 73.3 Å². The Bertz CT molecular complexity index is 1440. The van der Waals surface area contributed by atoms with Crippen LogP contribution in [0.4, 0.5) is 0 Å². The van der Waals surface area contributed by atoms with Crippen molar-refractivity contribution in [3.63, 3.8) is 0 Å². The fourth-order valence-electron chi connectivity index (χ4n) is 6.39. The second-order valence-electron chi connectivity index (χ2n) is 12.6. The Morgan fingerprint density at radius 1 is 0.471 bits per heavy atom. The fraction of sp³-hybridized carbons (Fsp3) is 0.385. The van der Waals surface area contributed by atoms with E-state index in [1.165, 1.54) is 21.3 Å². The lowest BCUT2D eigenvalue weighted by Crippen LogP contribution is -2.46. The molecule has 1 fully saturated rings. The molecule has 1 aliphatic rings. The molecule has 0 radical (unpaired) electrons. The Morgan fingerprint density at radius 2 is 0.706 bits per heavy atom. The van der Waals surface area contributed by atoms with Gasteiger partial charge in [0.1, 0.15) is 0 Å². The Balaban J connectivity index is 1.62. The lowest BCUT2D eigenvalue weighted by atomic mass is 9.73. The maximum absolute atomic E-state index is 14.0. The molecule has 3 aromatic carbocycles. The summed E-state index contributed by atoms with van der Waals surface area (Å²) in [4.78, 5) is 79.0. The van der Waals surface area contributed by atoms with E-state index in [1.807, 2.05) is 18.2 Å². The number of benzene rings is 3. The summed E-state index contributed by atoms with van der Waals surface area (Å²) in [5.74, 6) is -5.20. The van der Waals surface area contributed by atoms with Crippen LogP contribution >= 0.6 is 0 Å². The Hall–Kier alpha value is -5.52. The summed E-state index contributed by atoms with van der Waals surface area (Å²) in [6, 6.07) is 24.8. The number of hydrogen-bond acceptors (Lipinski definition) is 9. The largest absolute Gasteiger partial charge is 0.469 e. The van der Waals surface area contributed by atoms with Crippen molar-refractivity contribution < 1.29 is 43.0 Å². The van der Waals surface area contributed by atoms with Crippen molar-refractivity contribution in [3.8, 4) is 0 Å². The number of esters is 3. The number of nitrogens with one attached hydrogen (secondary N) is 3. The van der Waals surface area contributed by atoms with E-state index in [4.69, 9.17) is 14.2 Å². The molecule has 0 saturated heterocycles. The average Bonchev–Trinajstić information content (AvgIpc) is 3.17. The maximum atomic E-state index is 14.0. The van der Waals surface area contributed by atoms with Gasteiger partial charge in [0.05, 0.1) is 58.7 Å². The van der Waals surface area contributed by atoms with Crippen molar-refractivity contribution in [3.05, 3.63) is 108 Å². The van der Waals surface area contributed by atoms with E-state index in [1.54, 1.807) is 72.8 Å². The Kier molecular flexibility index (Phi) is 14.3. The second-order valence-corrected chi connectivity index (χ2v) is 12.6. The first-order valence-corrected chi connectivity index (χ1v) is 16.9. The molecular weight excluding hydrogens is 654 g/mol. The molecular formula is C39H45N3O9. The van der Waals surface area contributed by atoms with Crippen LogP contribution in [-0.4, -0.2) is 57.0 Å². The highest BCUT2D eigenvalue weighted by molar-refractivity contribution is 5.87. The summed E-state index contributed by atoms with van der Waals surface area (Å²) in [5, 5.41) is 8.89. The van der Waals surface area contributed by atoms with Gasteiger partial charge in [-0.2, -0.15) is 0 Å². The SMILES string of the molecule is COC(=O)CC(NC(=O)C1CC(C(=O)NC(CC(=O)OC)c2ccccc2)CC(C(=O)NC(CC(=O)OC)c2ccccc2)C1)c1ccccc1. The molecule has 12 nitrogen and oxygen atoms in total. The van der Waals surface area contributed by atoms with Gasteiger partial charge >= 0.3 is 17.9 Å². The molecule has 3 atom stereocenters. The zero-order chi connectivity index (χ0) is 36.8. The minimum Gasteiger partial charge on any atom is -0.469 e. The molecule has 3 unspecified atom stereocenters. The molecule has 3 N–H and O–H groups in total. The predicted octanol–water partition coefficient (Wildman–Crippen LogP) is 4.28. The highest BCUT2D eigenvalue weighted by Crippen LogP contribution is 2.36. The van der Waals surface area contributed by atoms with E-state index < -0.39 is 71.5 Å². The summed E-state index contributed by atoms with van der Waals surface area (Å²) >= 11 is 0. The molecule has 270 valence electrons. The van der Waals surface area contributed by atoms with Crippen LogP contribution in [0.2, 0.25) is 0 Å². The van der Waals surface area contributed by atoms with Crippen molar-refractivity contribution in [1.82, 2.24) is 16.0 Å². The zero-order valence-electron chi connectivity index (χ0n) is 29.0. The third-order valence-electron chi connectivity index (χ3n) is 9.17. The molecule has 1 aliphatic carbocycles. The molecule has 3 aromatic rings. The van der Waals surface area contributed by atoms with Crippen LogP contribution in [0, 0.1) is 17.8 Å². The minimum atomic E-state index is -0.791. The first-order chi connectivity index (χ1) is 24.6. The molecule has 51 heavy (non-hydrogen) atoms. The predicted molar refractivity (Wildman–Crippen MR) is 186 cm³/mol. The van der Waals surface area contributed by atoms with Crippen LogP contribution in [0.15, 0.2) is 91.0 Å². The van der Waals surface area contributed by atoms with Crippen LogP contribution in [0.25, 0.3) is 0 Å². The van der Waals surface area contributed by atoms with Crippen molar-refractivity contribution in [1.29, 1.82) is 0 Å². The summed E-state index contributed by atoms with van der Waals surface area (Å²) in [6.07, 6.45) is -0.0102. The summed E-state index contributed by atoms with van der Waals surface area (Å²) in [7, 11) is 3.81. The van der Waals surface area contributed by atoms with Crippen LogP contribution < -0.4 is 16.0 Å². The van der Waals surface area contributed by atoms with E-state index in [9.17, 15) is 28.8 Å². The number of carbonyl (C=O) groups excluding carboxylic acids is 6. The van der Waals surface area contributed by atoms with E-state index >= 15 is 0 Å². The van der Waals surface area contributed by atoms with Crippen molar-refractivity contribution >= 4 is 35.6 Å². The molecule has 0 heterocycles. The fourth-order valence-corrected chi connectivity index (χ4v) is 6.39. The van der Waals surface area contributed by atoms with Gasteiger partial charge in [0, 0.05) is 17.8 Å². The summed E-state index contributed by atoms with van der Waals surface area (Å²) in [5.41, 5.74) is 2.08. The van der Waals surface area contributed by atoms with E-state index in [2.05, 4.69) is 16.0 Å². The van der Waals surface area contributed by atoms with E-state index in [0.717, 1.165) is 0 Å². The van der Waals surface area contributed by atoms with E-state index in [-0.39, 0.29) is 38.5 Å². The average molecular weight is 700 g/mol. The second kappa shape index (κ2) is 19.0. The lowest BCUT2D eigenvalue weighted by molar-refractivity contribution is -0.142. The van der Waals surface area contributed by atoms with Crippen LogP contribution in [0.3, 0.4) is 0 Å². The lowest BCUT2D eigenvalue weighted by Gasteiger charge is -2.35. The van der Waals surface area contributed by atoms with Gasteiger partial charge in [-0.1, -0.05) is 91.0 Å². The Labute approximate surface area is 297 Å². The summed E-state index contributed by atoms with van der Waals surface area (Å²) in [6.45, 7) is 0. The Morgan fingerprint density at radius 3 is 0.922 bits per heavy atom. The molecule has 0 spiro atoms. The summed E-state index contributed by atoms with van der Waals surface area (Å²) < 4.78 is 14.6. The van der Waals surface area contributed by atoms with Gasteiger partial charge in [0.2, 0.25) is 17.7 Å². The number of carbonyl (C=O) groups is 6. The normalized spacial score (nSPS) is 18.5. The number of rotatable bonds is 15. The third-order valence-corrected chi connectivity index (χ3v) is 9.17. The number of amides is 3. The molecule has 4 rings (SSSR count). The molecule has 12 heteroatoms. The van der Waals surface area contributed by atoms with Crippen molar-refractivity contribution in [2.75, 3.05) is 21.3 Å². The van der Waals surface area contributed by atoms with Gasteiger partial charge in [0.15, 0.2) is 0 Å². The smallest absolute Gasteiger partial charge is 0.307 e. The molecule has 0 bridgehead atoms. The van der Waals surface area contributed by atoms with Gasteiger partial charge in [-0.3, -0.25) is 28.8 Å². The molecule has 3 amide bonds. The van der Waals surface area contributed by atoms with Gasteiger partial charge in [-0.25, -0.2) is 0 Å². The molecule has 1 saturated carbocycles. The van der Waals surface area contributed by atoms with Crippen molar-refractivity contribution in [2.45, 2.75) is 56.7 Å². The monoisotopic (exact) mass is 699 g/mol. The minimum absolute atomic E-state index is 0.116. The highest BCUT2D eigenvalue weighted by Gasteiger charge is 2.41. The maximum Gasteiger partial charge on any atom is 0.307 e. The number of methoxy groups -OCH3 is 3. The van der Waals surface area contributed by atoms with Gasteiger partial charge in [-0.15, -0.1) is 0 Å². The molecule has 0 aromatic heterocycles. The van der Waals surface area contributed by atoms with Gasteiger partial charge in [0.25, 0.3) is 0 Å².